The Morgan fingerprint density at radius 2 is 1.62 bits per heavy atom. The third-order valence-electron chi connectivity index (χ3n) is 6.56. The van der Waals surface area contributed by atoms with Crippen LogP contribution in [0, 0.1) is 0 Å². The lowest BCUT2D eigenvalue weighted by atomic mass is 9.90. The maximum atomic E-state index is 13.0. The Kier molecular flexibility index (Phi) is 7.01. The first-order chi connectivity index (χ1) is 16.3. The minimum absolute atomic E-state index is 0.00856. The predicted octanol–water partition coefficient (Wildman–Crippen LogP) is 6.14. The van der Waals surface area contributed by atoms with Gasteiger partial charge in [0, 0.05) is 30.0 Å². The number of rotatable bonds is 6. The van der Waals surface area contributed by atoms with Crippen LogP contribution in [0.5, 0.6) is 0 Å². The number of amides is 2. The number of carbonyl (C=O) groups is 2. The highest BCUT2D eigenvalue weighted by Gasteiger charge is 2.35. The van der Waals surface area contributed by atoms with Crippen LogP contribution in [0.15, 0.2) is 78.9 Å². The third kappa shape index (κ3) is 4.98. The van der Waals surface area contributed by atoms with Crippen molar-refractivity contribution in [1.29, 1.82) is 0 Å². The van der Waals surface area contributed by atoms with E-state index in [0.29, 0.717) is 5.92 Å². The second-order valence-electron chi connectivity index (χ2n) is 9.34. The average molecular weight is 456 g/mol. The number of nitrogens with zero attached hydrogens (tertiary/aromatic N) is 2. The van der Waals surface area contributed by atoms with E-state index in [1.165, 1.54) is 5.56 Å². The first-order valence-corrected chi connectivity index (χ1v) is 12.0. The van der Waals surface area contributed by atoms with Crippen LogP contribution < -0.4 is 15.1 Å². The van der Waals surface area contributed by atoms with Crippen molar-refractivity contribution in [3.05, 3.63) is 90.0 Å². The predicted molar refractivity (Wildman–Crippen MR) is 139 cm³/mol. The van der Waals surface area contributed by atoms with Crippen molar-refractivity contribution < 1.29 is 9.59 Å². The van der Waals surface area contributed by atoms with Gasteiger partial charge in [-0.15, -0.1) is 0 Å². The number of hydrogen-bond donors (Lipinski definition) is 1. The summed E-state index contributed by atoms with van der Waals surface area (Å²) in [5.74, 6) is 0.409. The van der Waals surface area contributed by atoms with Crippen LogP contribution in [-0.2, 0) is 9.59 Å². The number of benzene rings is 3. The number of carbonyl (C=O) groups excluding carboxylic acids is 2. The van der Waals surface area contributed by atoms with Crippen molar-refractivity contribution in [3.63, 3.8) is 0 Å². The van der Waals surface area contributed by atoms with E-state index in [1.54, 1.807) is 6.92 Å². The summed E-state index contributed by atoms with van der Waals surface area (Å²) in [5, 5.41) is 3.04. The largest absolute Gasteiger partial charge is 0.359 e. The fourth-order valence-corrected chi connectivity index (χ4v) is 4.81. The molecule has 1 N–H and O–H groups in total. The number of para-hydroxylation sites is 2. The lowest BCUT2D eigenvalue weighted by Gasteiger charge is -2.44. The molecular weight excluding hydrogens is 422 g/mol. The molecular formula is C29H33N3O2. The highest BCUT2D eigenvalue weighted by Crippen LogP contribution is 2.42. The van der Waals surface area contributed by atoms with Gasteiger partial charge in [0.15, 0.2) is 0 Å². The summed E-state index contributed by atoms with van der Waals surface area (Å²) in [4.78, 5) is 29.7. The molecule has 1 heterocycles. The molecule has 0 aromatic heterocycles. The third-order valence-corrected chi connectivity index (χ3v) is 6.56. The molecule has 176 valence electrons. The number of nitrogens with one attached hydrogen (secondary N) is 1. The van der Waals surface area contributed by atoms with Gasteiger partial charge in [-0.3, -0.25) is 9.59 Å². The zero-order valence-corrected chi connectivity index (χ0v) is 20.4. The lowest BCUT2D eigenvalue weighted by Crippen LogP contribution is -2.47. The average Bonchev–Trinajstić information content (AvgIpc) is 2.82. The summed E-state index contributed by atoms with van der Waals surface area (Å²) >= 11 is 0. The topological polar surface area (TPSA) is 52.7 Å². The Labute approximate surface area is 202 Å². The van der Waals surface area contributed by atoms with Gasteiger partial charge in [0.2, 0.25) is 11.8 Å². The molecule has 0 spiro atoms. The Hall–Kier alpha value is -3.60. The molecule has 4 rings (SSSR count). The molecule has 0 aliphatic carbocycles. The van der Waals surface area contributed by atoms with Crippen LogP contribution in [0.4, 0.5) is 17.1 Å². The number of hydrogen-bond acceptors (Lipinski definition) is 3. The minimum atomic E-state index is -0.0889. The molecule has 1 aliphatic rings. The molecule has 2 amide bonds. The molecule has 0 saturated carbocycles. The van der Waals surface area contributed by atoms with Crippen molar-refractivity contribution in [2.45, 2.75) is 52.1 Å². The van der Waals surface area contributed by atoms with Crippen LogP contribution in [0.25, 0.3) is 0 Å². The van der Waals surface area contributed by atoms with Crippen LogP contribution in [0.3, 0.4) is 0 Å². The van der Waals surface area contributed by atoms with E-state index in [2.05, 4.69) is 49.2 Å². The minimum Gasteiger partial charge on any atom is -0.359 e. The number of anilines is 3. The second kappa shape index (κ2) is 10.1. The molecule has 0 bridgehead atoms. The Morgan fingerprint density at radius 3 is 2.26 bits per heavy atom. The zero-order chi connectivity index (χ0) is 24.2. The molecule has 3 aromatic rings. The van der Waals surface area contributed by atoms with Gasteiger partial charge < -0.3 is 15.1 Å². The molecule has 2 atom stereocenters. The zero-order valence-electron chi connectivity index (χ0n) is 20.4. The van der Waals surface area contributed by atoms with Crippen molar-refractivity contribution in [2.75, 3.05) is 21.7 Å². The molecule has 0 radical (unpaired) electrons. The molecule has 0 fully saturated rings. The Balaban J connectivity index is 1.57. The molecule has 0 unspecified atom stereocenters. The molecule has 1 aliphatic heterocycles. The van der Waals surface area contributed by atoms with E-state index in [4.69, 9.17) is 0 Å². The quantitative estimate of drug-likeness (QED) is 0.486. The fourth-order valence-electron chi connectivity index (χ4n) is 4.81. The van der Waals surface area contributed by atoms with Gasteiger partial charge >= 0.3 is 0 Å². The SMILES string of the molecule is CC(=O)N(c1ccccc1)[C@H]1C[C@@H](C)N(CC(=O)Nc2ccc(C(C)C)cc2)c2ccccc21. The van der Waals surface area contributed by atoms with Gasteiger partial charge in [-0.25, -0.2) is 0 Å². The first-order valence-electron chi connectivity index (χ1n) is 12.0. The van der Waals surface area contributed by atoms with E-state index >= 15 is 0 Å². The van der Waals surface area contributed by atoms with E-state index in [9.17, 15) is 9.59 Å². The standard InChI is InChI=1S/C29H33N3O2/c1-20(2)23-14-16-24(17-15-23)30-29(34)19-31-21(3)18-28(26-12-8-9-13-27(26)31)32(22(4)33)25-10-6-5-7-11-25/h5-17,20-21,28H,18-19H2,1-4H3,(H,30,34)/t21-,28+/m1/s1. The lowest BCUT2D eigenvalue weighted by molar-refractivity contribution is -0.117. The first kappa shape index (κ1) is 23.6. The molecule has 34 heavy (non-hydrogen) atoms. The molecule has 5 heteroatoms. The van der Waals surface area contributed by atoms with Crippen LogP contribution in [0.1, 0.15) is 57.2 Å². The van der Waals surface area contributed by atoms with E-state index < -0.39 is 0 Å². The van der Waals surface area contributed by atoms with Gasteiger partial charge in [-0.05, 0) is 60.7 Å². The second-order valence-corrected chi connectivity index (χ2v) is 9.34. The van der Waals surface area contributed by atoms with E-state index in [1.807, 2.05) is 65.6 Å². The van der Waals surface area contributed by atoms with E-state index in [-0.39, 0.29) is 30.4 Å². The van der Waals surface area contributed by atoms with Gasteiger partial charge in [-0.2, -0.15) is 0 Å². The summed E-state index contributed by atoms with van der Waals surface area (Å²) in [6.07, 6.45) is 0.738. The van der Waals surface area contributed by atoms with E-state index in [0.717, 1.165) is 29.0 Å². The monoisotopic (exact) mass is 455 g/mol. The van der Waals surface area contributed by atoms with Crippen LogP contribution in [-0.4, -0.2) is 24.4 Å². The fraction of sp³-hybridized carbons (Fsp3) is 0.310. The maximum Gasteiger partial charge on any atom is 0.243 e. The van der Waals surface area contributed by atoms with Gasteiger partial charge in [0.1, 0.15) is 0 Å². The van der Waals surface area contributed by atoms with Crippen LogP contribution in [0.2, 0.25) is 0 Å². The Morgan fingerprint density at radius 1 is 0.971 bits per heavy atom. The Bertz CT molecular complexity index is 1140. The van der Waals surface area contributed by atoms with Gasteiger partial charge in [-0.1, -0.05) is 62.4 Å². The van der Waals surface area contributed by atoms with Gasteiger partial charge in [0.25, 0.3) is 0 Å². The summed E-state index contributed by atoms with van der Waals surface area (Å²) in [6.45, 7) is 8.30. The van der Waals surface area contributed by atoms with Crippen molar-refractivity contribution in [1.82, 2.24) is 0 Å². The van der Waals surface area contributed by atoms with Crippen molar-refractivity contribution in [3.8, 4) is 0 Å². The van der Waals surface area contributed by atoms with Crippen molar-refractivity contribution >= 4 is 28.9 Å². The molecule has 0 saturated heterocycles. The number of fused-ring (bicyclic) bond motifs is 1. The highest BCUT2D eigenvalue weighted by molar-refractivity contribution is 5.95. The molecule has 5 nitrogen and oxygen atoms in total. The van der Waals surface area contributed by atoms with Crippen LogP contribution >= 0.6 is 0 Å². The summed E-state index contributed by atoms with van der Waals surface area (Å²) in [7, 11) is 0. The highest BCUT2D eigenvalue weighted by atomic mass is 16.2. The van der Waals surface area contributed by atoms with Gasteiger partial charge in [0.05, 0.1) is 12.6 Å². The smallest absolute Gasteiger partial charge is 0.243 e. The summed E-state index contributed by atoms with van der Waals surface area (Å²) in [6, 6.07) is 25.9. The maximum absolute atomic E-state index is 13.0. The summed E-state index contributed by atoms with van der Waals surface area (Å²) < 4.78 is 0. The van der Waals surface area contributed by atoms with Crippen molar-refractivity contribution in [2.24, 2.45) is 0 Å². The molecule has 3 aromatic carbocycles. The normalized spacial score (nSPS) is 17.3. The summed E-state index contributed by atoms with van der Waals surface area (Å²) in [5.41, 5.74) is 5.00.